The molecule has 0 bridgehead atoms. The lowest BCUT2D eigenvalue weighted by atomic mass is 10.3. The van der Waals surface area contributed by atoms with E-state index in [9.17, 15) is 13.2 Å². The largest absolute Gasteiger partial charge is 0.449 e. The molecule has 0 spiro atoms. The zero-order chi connectivity index (χ0) is 12.1. The average Bonchev–Trinajstić information content (AvgIpc) is 2.64. The van der Waals surface area contributed by atoms with Crippen molar-refractivity contribution in [2.75, 3.05) is 0 Å². The molecule has 2 rings (SSSR count). The lowest BCUT2D eigenvalue weighted by Gasteiger charge is -2.20. The number of hydrogen-bond acceptors (Lipinski definition) is 2. The summed E-state index contributed by atoms with van der Waals surface area (Å²) in [6.07, 6.45) is -4.36. The van der Waals surface area contributed by atoms with Gasteiger partial charge in [-0.05, 0) is 13.8 Å². The number of halogens is 3. The van der Waals surface area contributed by atoms with Crippen molar-refractivity contribution in [3.8, 4) is 0 Å². The van der Waals surface area contributed by atoms with Gasteiger partial charge in [-0.1, -0.05) is 0 Å². The second-order valence-corrected chi connectivity index (χ2v) is 4.38. The molecule has 0 saturated carbocycles. The molecule has 0 N–H and O–H groups in total. The van der Waals surface area contributed by atoms with Gasteiger partial charge in [0.2, 0.25) is 5.82 Å². The topological polar surface area (TPSA) is 21.1 Å². The zero-order valence-electron chi connectivity index (χ0n) is 9.47. The molecule has 0 aliphatic carbocycles. The summed E-state index contributed by atoms with van der Waals surface area (Å²) in [5, 5.41) is 0. The molecule has 90 valence electrons. The van der Waals surface area contributed by atoms with Crippen molar-refractivity contribution in [2.45, 2.75) is 39.2 Å². The van der Waals surface area contributed by atoms with Crippen molar-refractivity contribution < 1.29 is 13.2 Å². The summed E-state index contributed by atoms with van der Waals surface area (Å²) in [6.45, 7) is 5.11. The molecule has 0 radical (unpaired) electrons. The van der Waals surface area contributed by atoms with E-state index < -0.39 is 12.0 Å². The molecule has 0 aromatic carbocycles. The fraction of sp³-hybridized carbons (Fsp3) is 0.700. The third-order valence-electron chi connectivity index (χ3n) is 2.99. The summed E-state index contributed by atoms with van der Waals surface area (Å²) in [5.41, 5.74) is 1.24. The van der Waals surface area contributed by atoms with Crippen LogP contribution in [0.15, 0.2) is 0 Å². The van der Waals surface area contributed by atoms with Gasteiger partial charge in [-0.25, -0.2) is 4.98 Å². The molecule has 2 heterocycles. The van der Waals surface area contributed by atoms with Crippen LogP contribution in [0.25, 0.3) is 0 Å². The lowest BCUT2D eigenvalue weighted by Crippen LogP contribution is -2.26. The van der Waals surface area contributed by atoms with Crippen LogP contribution in [-0.4, -0.2) is 20.5 Å². The standard InChI is InChI=1S/C10H14F3N3/c1-6(2)16-4-7-8(5-16)15(3)9(14-7)10(11,12)13/h6H,4-5H2,1-3H3. The first-order valence-electron chi connectivity index (χ1n) is 5.16. The van der Waals surface area contributed by atoms with Gasteiger partial charge in [-0.3, -0.25) is 4.90 Å². The minimum absolute atomic E-state index is 0.323. The lowest BCUT2D eigenvalue weighted by molar-refractivity contribution is -0.147. The van der Waals surface area contributed by atoms with Crippen LogP contribution in [0.4, 0.5) is 13.2 Å². The molecule has 0 fully saturated rings. The predicted molar refractivity (Wildman–Crippen MR) is 52.6 cm³/mol. The Labute approximate surface area is 91.9 Å². The van der Waals surface area contributed by atoms with E-state index in [2.05, 4.69) is 9.88 Å². The second-order valence-electron chi connectivity index (χ2n) is 4.38. The van der Waals surface area contributed by atoms with Gasteiger partial charge in [0.05, 0.1) is 11.4 Å². The maximum atomic E-state index is 12.6. The first-order valence-corrected chi connectivity index (χ1v) is 5.16. The highest BCUT2D eigenvalue weighted by Crippen LogP contribution is 2.33. The van der Waals surface area contributed by atoms with Crippen LogP contribution in [0.5, 0.6) is 0 Å². The third kappa shape index (κ3) is 1.71. The maximum absolute atomic E-state index is 12.6. The number of aromatic nitrogens is 2. The van der Waals surface area contributed by atoms with Gasteiger partial charge in [0.15, 0.2) is 0 Å². The van der Waals surface area contributed by atoms with Crippen LogP contribution in [0, 0.1) is 0 Å². The highest BCUT2D eigenvalue weighted by molar-refractivity contribution is 5.22. The van der Waals surface area contributed by atoms with Gasteiger partial charge in [-0.2, -0.15) is 13.2 Å². The van der Waals surface area contributed by atoms with Gasteiger partial charge >= 0.3 is 6.18 Å². The normalized spacial score (nSPS) is 17.2. The summed E-state index contributed by atoms with van der Waals surface area (Å²) in [5.74, 6) is -0.791. The van der Waals surface area contributed by atoms with Crippen LogP contribution >= 0.6 is 0 Å². The molecule has 16 heavy (non-hydrogen) atoms. The van der Waals surface area contributed by atoms with Crippen LogP contribution < -0.4 is 0 Å². The number of fused-ring (bicyclic) bond motifs is 1. The number of hydrogen-bond donors (Lipinski definition) is 0. The predicted octanol–water partition coefficient (Wildman–Crippen LogP) is 2.16. The first kappa shape index (κ1) is 11.4. The monoisotopic (exact) mass is 233 g/mol. The molecule has 0 unspecified atom stereocenters. The summed E-state index contributed by atoms with van der Waals surface area (Å²) in [7, 11) is 1.43. The Morgan fingerprint density at radius 3 is 2.31 bits per heavy atom. The Balaban J connectivity index is 2.33. The van der Waals surface area contributed by atoms with Crippen LogP contribution in [0.1, 0.15) is 31.1 Å². The van der Waals surface area contributed by atoms with E-state index >= 15 is 0 Å². The third-order valence-corrected chi connectivity index (χ3v) is 2.99. The van der Waals surface area contributed by atoms with Crippen molar-refractivity contribution >= 4 is 0 Å². The van der Waals surface area contributed by atoms with E-state index in [1.165, 1.54) is 7.05 Å². The van der Waals surface area contributed by atoms with Crippen molar-refractivity contribution in [3.05, 3.63) is 17.2 Å². The quantitative estimate of drug-likeness (QED) is 0.741. The van der Waals surface area contributed by atoms with Crippen LogP contribution in [-0.2, 0) is 26.3 Å². The Hall–Kier alpha value is -1.04. The highest BCUT2D eigenvalue weighted by atomic mass is 19.4. The van der Waals surface area contributed by atoms with Gasteiger partial charge < -0.3 is 4.57 Å². The van der Waals surface area contributed by atoms with E-state index in [-0.39, 0.29) is 0 Å². The molecule has 0 amide bonds. The summed E-state index contributed by atoms with van der Waals surface area (Å²) in [6, 6.07) is 0.323. The van der Waals surface area contributed by atoms with Gasteiger partial charge in [0, 0.05) is 26.2 Å². The van der Waals surface area contributed by atoms with E-state index in [4.69, 9.17) is 0 Å². The van der Waals surface area contributed by atoms with Crippen molar-refractivity contribution in [1.82, 2.24) is 14.5 Å². The van der Waals surface area contributed by atoms with E-state index in [1.54, 1.807) is 0 Å². The maximum Gasteiger partial charge on any atom is 0.449 e. The molecular weight excluding hydrogens is 219 g/mol. The Bertz CT molecular complexity index is 406. The highest BCUT2D eigenvalue weighted by Gasteiger charge is 2.39. The summed E-state index contributed by atoms with van der Waals surface area (Å²) >= 11 is 0. The molecule has 1 aromatic rings. The zero-order valence-corrected chi connectivity index (χ0v) is 9.47. The molecule has 6 heteroatoms. The van der Waals surface area contributed by atoms with Crippen molar-refractivity contribution in [1.29, 1.82) is 0 Å². The van der Waals surface area contributed by atoms with Crippen molar-refractivity contribution in [3.63, 3.8) is 0 Å². The number of nitrogens with zero attached hydrogens (tertiary/aromatic N) is 3. The van der Waals surface area contributed by atoms with Crippen LogP contribution in [0.3, 0.4) is 0 Å². The number of imidazole rings is 1. The minimum Gasteiger partial charge on any atom is -0.326 e. The first-order chi connectivity index (χ1) is 7.30. The number of rotatable bonds is 1. The second kappa shape index (κ2) is 3.48. The smallest absolute Gasteiger partial charge is 0.326 e. The molecule has 1 aliphatic rings. The number of alkyl halides is 3. The Morgan fingerprint density at radius 1 is 1.25 bits per heavy atom. The minimum atomic E-state index is -4.36. The molecule has 0 saturated heterocycles. The molecule has 1 aromatic heterocycles. The van der Waals surface area contributed by atoms with E-state index in [0.717, 1.165) is 4.57 Å². The Kier molecular flexibility index (Phi) is 2.49. The SMILES string of the molecule is CC(C)N1Cc2nc(C(F)(F)F)n(C)c2C1. The molecule has 1 aliphatic heterocycles. The summed E-state index contributed by atoms with van der Waals surface area (Å²) < 4.78 is 38.8. The van der Waals surface area contributed by atoms with Crippen molar-refractivity contribution in [2.24, 2.45) is 7.05 Å². The molecule has 0 atom stereocenters. The van der Waals surface area contributed by atoms with Gasteiger partial charge in [0.25, 0.3) is 0 Å². The molecular formula is C10H14F3N3. The Morgan fingerprint density at radius 2 is 1.88 bits per heavy atom. The van der Waals surface area contributed by atoms with E-state index in [1.807, 2.05) is 13.8 Å². The fourth-order valence-corrected chi connectivity index (χ4v) is 1.97. The van der Waals surface area contributed by atoms with Gasteiger partial charge in [-0.15, -0.1) is 0 Å². The summed E-state index contributed by atoms with van der Waals surface area (Å²) in [4.78, 5) is 5.79. The molecule has 3 nitrogen and oxygen atoms in total. The van der Waals surface area contributed by atoms with Crippen LogP contribution in [0.2, 0.25) is 0 Å². The average molecular weight is 233 g/mol. The fourth-order valence-electron chi connectivity index (χ4n) is 1.97. The van der Waals surface area contributed by atoms with E-state index in [0.29, 0.717) is 30.5 Å². The van der Waals surface area contributed by atoms with Gasteiger partial charge in [0.1, 0.15) is 0 Å².